The first-order chi connectivity index (χ1) is 11.0. The van der Waals surface area contributed by atoms with Crippen molar-refractivity contribution in [2.24, 2.45) is 0 Å². The number of carbonyl (C=O) groups is 1. The zero-order chi connectivity index (χ0) is 17.0. The Morgan fingerprint density at radius 1 is 1.26 bits per heavy atom. The third-order valence-corrected chi connectivity index (χ3v) is 4.59. The summed E-state index contributed by atoms with van der Waals surface area (Å²) < 4.78 is 25.2. The predicted molar refractivity (Wildman–Crippen MR) is 97.5 cm³/mol. The van der Waals surface area contributed by atoms with Crippen LogP contribution in [0.3, 0.4) is 0 Å². The van der Waals surface area contributed by atoms with Crippen molar-refractivity contribution in [2.75, 3.05) is 14.2 Å². The van der Waals surface area contributed by atoms with Crippen LogP contribution in [-0.2, 0) is 6.54 Å². The second kappa shape index (κ2) is 7.96. The lowest BCUT2D eigenvalue weighted by molar-refractivity contribution is 0.0950. The van der Waals surface area contributed by atoms with Crippen LogP contribution < -0.4 is 14.8 Å². The first kappa shape index (κ1) is 18.0. The molecule has 0 aromatic heterocycles. The molecule has 2 rings (SSSR count). The Morgan fingerprint density at radius 2 is 2.00 bits per heavy atom. The largest absolute Gasteiger partial charge is 0.493 e. The fourth-order valence-corrected chi connectivity index (χ4v) is 2.98. The lowest BCUT2D eigenvalue weighted by Gasteiger charge is -2.12. The third kappa shape index (κ3) is 4.35. The highest BCUT2D eigenvalue weighted by Gasteiger charge is 2.12. The highest BCUT2D eigenvalue weighted by Crippen LogP contribution is 2.36. The van der Waals surface area contributed by atoms with Gasteiger partial charge in [-0.25, -0.2) is 4.39 Å². The fourth-order valence-electron chi connectivity index (χ4n) is 2.00. The molecule has 2 aromatic carbocycles. The molecule has 0 radical (unpaired) electrons. The summed E-state index contributed by atoms with van der Waals surface area (Å²) in [5, 5.41) is 2.75. The van der Waals surface area contributed by atoms with Crippen LogP contribution in [0.15, 0.2) is 34.8 Å². The van der Waals surface area contributed by atoms with Gasteiger partial charge < -0.3 is 14.8 Å². The summed E-state index contributed by atoms with van der Waals surface area (Å²) in [4.78, 5) is 12.1. The van der Waals surface area contributed by atoms with Crippen molar-refractivity contribution in [2.45, 2.75) is 6.54 Å². The first-order valence-corrected chi connectivity index (χ1v) is 8.47. The summed E-state index contributed by atoms with van der Waals surface area (Å²) in [7, 11) is 3.09. The number of ether oxygens (including phenoxy) is 2. The van der Waals surface area contributed by atoms with Crippen LogP contribution in [-0.4, -0.2) is 20.1 Å². The highest BCUT2D eigenvalue weighted by molar-refractivity contribution is 14.1. The van der Waals surface area contributed by atoms with Gasteiger partial charge in [-0.3, -0.25) is 4.79 Å². The van der Waals surface area contributed by atoms with E-state index in [2.05, 4.69) is 21.2 Å². The summed E-state index contributed by atoms with van der Waals surface area (Å²) in [6.07, 6.45) is 0. The van der Waals surface area contributed by atoms with Crippen LogP contribution in [0, 0.1) is 9.39 Å². The van der Waals surface area contributed by atoms with Crippen LogP contribution in [0.25, 0.3) is 0 Å². The monoisotopic (exact) mass is 493 g/mol. The topological polar surface area (TPSA) is 47.6 Å². The smallest absolute Gasteiger partial charge is 0.251 e. The number of nitrogens with one attached hydrogen (secondary N) is 1. The Hall–Kier alpha value is -1.35. The molecule has 4 nitrogen and oxygen atoms in total. The first-order valence-electron chi connectivity index (χ1n) is 6.60. The average molecular weight is 494 g/mol. The van der Waals surface area contributed by atoms with Gasteiger partial charge in [0.2, 0.25) is 0 Å². The van der Waals surface area contributed by atoms with Crippen LogP contribution >= 0.6 is 38.5 Å². The van der Waals surface area contributed by atoms with Crippen molar-refractivity contribution < 1.29 is 18.7 Å². The number of amides is 1. The SMILES string of the molecule is COc1cc(CNC(=O)c2ccc(I)c(F)c2)cc(Br)c1OC. The maximum atomic E-state index is 13.5. The molecule has 1 N–H and O–H groups in total. The molecule has 0 saturated carbocycles. The van der Waals surface area contributed by atoms with Gasteiger partial charge in [0.15, 0.2) is 11.5 Å². The van der Waals surface area contributed by atoms with E-state index in [1.807, 2.05) is 28.7 Å². The number of benzene rings is 2. The van der Waals surface area contributed by atoms with Gasteiger partial charge in [0.1, 0.15) is 5.82 Å². The van der Waals surface area contributed by atoms with Gasteiger partial charge in [-0.15, -0.1) is 0 Å². The summed E-state index contributed by atoms with van der Waals surface area (Å²) in [5.74, 6) is 0.395. The molecule has 0 bridgehead atoms. The molecule has 0 aliphatic rings. The van der Waals surface area contributed by atoms with Gasteiger partial charge in [-0.1, -0.05) is 0 Å². The van der Waals surface area contributed by atoms with E-state index in [9.17, 15) is 9.18 Å². The lowest BCUT2D eigenvalue weighted by atomic mass is 10.1. The Balaban J connectivity index is 2.12. The Kier molecular flexibility index (Phi) is 6.23. The van der Waals surface area contributed by atoms with E-state index in [0.717, 1.165) is 10.0 Å². The zero-order valence-electron chi connectivity index (χ0n) is 12.5. The number of carbonyl (C=O) groups excluding carboxylic acids is 1. The summed E-state index contributed by atoms with van der Waals surface area (Å²) >= 11 is 5.28. The average Bonchev–Trinajstić information content (AvgIpc) is 2.54. The van der Waals surface area contributed by atoms with Gasteiger partial charge in [-0.2, -0.15) is 0 Å². The van der Waals surface area contributed by atoms with Crippen molar-refractivity contribution in [3.05, 3.63) is 55.3 Å². The molecular formula is C16H14BrFINO3. The van der Waals surface area contributed by atoms with Gasteiger partial charge in [0.05, 0.1) is 18.7 Å². The molecule has 0 spiro atoms. The maximum Gasteiger partial charge on any atom is 0.251 e. The molecule has 0 atom stereocenters. The van der Waals surface area contributed by atoms with Gasteiger partial charge in [0, 0.05) is 15.7 Å². The molecule has 7 heteroatoms. The second-order valence-corrected chi connectivity index (χ2v) is 6.64. The van der Waals surface area contributed by atoms with Crippen LogP contribution in [0.1, 0.15) is 15.9 Å². The van der Waals surface area contributed by atoms with E-state index < -0.39 is 5.82 Å². The minimum Gasteiger partial charge on any atom is -0.493 e. The van der Waals surface area contributed by atoms with E-state index in [4.69, 9.17) is 9.47 Å². The summed E-state index contributed by atoms with van der Waals surface area (Å²) in [6.45, 7) is 0.283. The van der Waals surface area contributed by atoms with E-state index in [-0.39, 0.29) is 18.0 Å². The van der Waals surface area contributed by atoms with Crippen molar-refractivity contribution in [3.8, 4) is 11.5 Å². The molecule has 0 saturated heterocycles. The molecule has 0 fully saturated rings. The molecule has 0 aliphatic heterocycles. The molecule has 0 unspecified atom stereocenters. The third-order valence-electron chi connectivity index (χ3n) is 3.13. The fraction of sp³-hybridized carbons (Fsp3) is 0.188. The molecule has 1 amide bonds. The maximum absolute atomic E-state index is 13.5. The van der Waals surface area contributed by atoms with Crippen LogP contribution in [0.2, 0.25) is 0 Å². The van der Waals surface area contributed by atoms with E-state index >= 15 is 0 Å². The van der Waals surface area contributed by atoms with Gasteiger partial charge in [-0.05, 0) is 74.4 Å². The van der Waals surface area contributed by atoms with E-state index in [1.165, 1.54) is 6.07 Å². The van der Waals surface area contributed by atoms with Crippen molar-refractivity contribution >= 4 is 44.4 Å². The minimum atomic E-state index is -0.410. The number of methoxy groups -OCH3 is 2. The summed E-state index contributed by atoms with van der Waals surface area (Å²) in [5.41, 5.74) is 1.11. The normalized spacial score (nSPS) is 10.3. The summed E-state index contributed by atoms with van der Waals surface area (Å²) in [6, 6.07) is 7.98. The van der Waals surface area contributed by atoms with Crippen molar-refractivity contribution in [1.82, 2.24) is 5.32 Å². The number of hydrogen-bond acceptors (Lipinski definition) is 3. The lowest BCUT2D eigenvalue weighted by Crippen LogP contribution is -2.23. The van der Waals surface area contributed by atoms with Crippen molar-refractivity contribution in [3.63, 3.8) is 0 Å². The number of halogens is 3. The molecule has 23 heavy (non-hydrogen) atoms. The Labute approximate surface area is 155 Å². The predicted octanol–water partition coefficient (Wildman–Crippen LogP) is 4.14. The highest BCUT2D eigenvalue weighted by atomic mass is 127. The minimum absolute atomic E-state index is 0.280. The number of rotatable bonds is 5. The quantitative estimate of drug-likeness (QED) is 0.637. The van der Waals surface area contributed by atoms with Crippen LogP contribution in [0.4, 0.5) is 4.39 Å². The van der Waals surface area contributed by atoms with Crippen molar-refractivity contribution in [1.29, 1.82) is 0 Å². The van der Waals surface area contributed by atoms with Gasteiger partial charge in [0.25, 0.3) is 5.91 Å². The second-order valence-electron chi connectivity index (χ2n) is 4.62. The molecule has 0 heterocycles. The van der Waals surface area contributed by atoms with E-state index in [1.54, 1.807) is 32.4 Å². The van der Waals surface area contributed by atoms with Crippen LogP contribution in [0.5, 0.6) is 11.5 Å². The molecule has 2 aromatic rings. The Bertz CT molecular complexity index is 740. The van der Waals surface area contributed by atoms with Gasteiger partial charge >= 0.3 is 0 Å². The molecular weight excluding hydrogens is 480 g/mol. The molecule has 0 aliphatic carbocycles. The standard InChI is InChI=1S/C16H14BrFINO3/c1-22-14-6-9(5-11(17)15(14)23-2)8-20-16(21)10-3-4-13(19)12(18)7-10/h3-7H,8H2,1-2H3,(H,20,21). The Morgan fingerprint density at radius 3 is 2.61 bits per heavy atom. The molecule has 122 valence electrons. The number of hydrogen-bond donors (Lipinski definition) is 1. The zero-order valence-corrected chi connectivity index (χ0v) is 16.2. The van der Waals surface area contributed by atoms with E-state index in [0.29, 0.717) is 15.1 Å².